The fourth-order valence-corrected chi connectivity index (χ4v) is 2.46. The third kappa shape index (κ3) is 3.37. The lowest BCUT2D eigenvalue weighted by Gasteiger charge is -2.37. The Kier molecular flexibility index (Phi) is 4.61. The summed E-state index contributed by atoms with van der Waals surface area (Å²) in [5.74, 6) is -4.50. The summed E-state index contributed by atoms with van der Waals surface area (Å²) >= 11 is 0. The second-order valence-electron chi connectivity index (χ2n) is 5.97. The highest BCUT2D eigenvalue weighted by Crippen LogP contribution is 2.41. The first-order chi connectivity index (χ1) is 11.0. The molecule has 0 radical (unpaired) electrons. The molecule has 2 aliphatic rings. The summed E-state index contributed by atoms with van der Waals surface area (Å²) in [6.07, 6.45) is 6.93. The third-order valence-corrected chi connectivity index (χ3v) is 4.21. The molecule has 0 aromatic heterocycles. The highest BCUT2D eigenvalue weighted by molar-refractivity contribution is 5.77. The number of rotatable bonds is 3. The number of hydrogen-bond donors (Lipinski definition) is 2. The number of hydrogen-bond acceptors (Lipinski definition) is 1. The van der Waals surface area contributed by atoms with E-state index in [1.807, 2.05) is 18.2 Å². The Hall–Kier alpha value is -2.12. The summed E-state index contributed by atoms with van der Waals surface area (Å²) in [6, 6.07) is -1.33. The predicted octanol–water partition coefficient (Wildman–Crippen LogP) is 4.07. The monoisotopic (exact) mass is 348 g/mol. The van der Waals surface area contributed by atoms with Gasteiger partial charge in [0.2, 0.25) is 0 Å². The number of amides is 2. The van der Waals surface area contributed by atoms with Gasteiger partial charge in [-0.15, -0.1) is 0 Å². The molecule has 2 rings (SSSR count). The maximum Gasteiger partial charge on any atom is 0.417 e. The second kappa shape index (κ2) is 6.07. The first-order valence-electron chi connectivity index (χ1n) is 7.23. The molecule has 0 aromatic rings. The molecular formula is C16H17F5N2O. The van der Waals surface area contributed by atoms with Gasteiger partial charge in [0.05, 0.1) is 0 Å². The van der Waals surface area contributed by atoms with Gasteiger partial charge >= 0.3 is 12.2 Å². The highest BCUT2D eigenvalue weighted by Gasteiger charge is 2.65. The molecule has 24 heavy (non-hydrogen) atoms. The van der Waals surface area contributed by atoms with Gasteiger partial charge in [0.1, 0.15) is 0 Å². The molecule has 132 valence electrons. The predicted molar refractivity (Wildman–Crippen MR) is 79.2 cm³/mol. The van der Waals surface area contributed by atoms with E-state index in [4.69, 9.17) is 0 Å². The van der Waals surface area contributed by atoms with Gasteiger partial charge in [0, 0.05) is 24.5 Å². The molecular weight excluding hydrogens is 331 g/mol. The van der Waals surface area contributed by atoms with Crippen LogP contribution < -0.4 is 10.6 Å². The van der Waals surface area contributed by atoms with Crippen LogP contribution in [0.15, 0.2) is 48.2 Å². The lowest BCUT2D eigenvalue weighted by Crippen LogP contribution is -2.67. The molecule has 2 aliphatic carbocycles. The maximum absolute atomic E-state index is 13.5. The molecule has 0 heterocycles. The Morgan fingerprint density at radius 3 is 2.17 bits per heavy atom. The van der Waals surface area contributed by atoms with Crippen LogP contribution in [0.3, 0.4) is 0 Å². The van der Waals surface area contributed by atoms with Crippen LogP contribution in [0.5, 0.6) is 0 Å². The summed E-state index contributed by atoms with van der Waals surface area (Å²) < 4.78 is 66.0. The van der Waals surface area contributed by atoms with Crippen molar-refractivity contribution in [2.24, 2.45) is 11.8 Å². The first-order valence-corrected chi connectivity index (χ1v) is 7.23. The number of carbonyl (C=O) groups excluding carboxylic acids is 1. The summed E-state index contributed by atoms with van der Waals surface area (Å²) in [5, 5.41) is 3.64. The molecule has 0 aromatic carbocycles. The summed E-state index contributed by atoms with van der Waals surface area (Å²) in [7, 11) is 0. The number of halogens is 5. The van der Waals surface area contributed by atoms with Crippen molar-refractivity contribution >= 4 is 6.03 Å². The molecule has 0 fully saturated rings. The molecule has 0 spiro atoms. The minimum atomic E-state index is -5.32. The van der Waals surface area contributed by atoms with Crippen LogP contribution in [0.4, 0.5) is 26.7 Å². The molecule has 0 aliphatic heterocycles. The van der Waals surface area contributed by atoms with Crippen molar-refractivity contribution in [3.63, 3.8) is 0 Å². The first kappa shape index (κ1) is 18.2. The maximum atomic E-state index is 13.5. The van der Waals surface area contributed by atoms with Crippen LogP contribution in [-0.2, 0) is 0 Å². The second-order valence-corrected chi connectivity index (χ2v) is 5.97. The SMILES string of the molecule is CC(F)(F)C(C)(NC(=O)NC1=CC=CC2C=CC=CC12)C(F)(F)F. The van der Waals surface area contributed by atoms with E-state index < -0.39 is 23.7 Å². The molecule has 0 bridgehead atoms. The van der Waals surface area contributed by atoms with Gasteiger partial charge in [0.25, 0.3) is 5.92 Å². The molecule has 3 unspecified atom stereocenters. The van der Waals surface area contributed by atoms with Gasteiger partial charge < -0.3 is 10.6 Å². The van der Waals surface area contributed by atoms with Crippen LogP contribution in [0, 0.1) is 11.8 Å². The molecule has 2 amide bonds. The highest BCUT2D eigenvalue weighted by atomic mass is 19.4. The Balaban J connectivity index is 2.15. The van der Waals surface area contributed by atoms with Crippen molar-refractivity contribution in [2.45, 2.75) is 31.5 Å². The third-order valence-electron chi connectivity index (χ3n) is 4.21. The van der Waals surface area contributed by atoms with Crippen LogP contribution in [0.2, 0.25) is 0 Å². The number of allylic oxidation sites excluding steroid dienone is 7. The molecule has 8 heteroatoms. The number of alkyl halides is 5. The van der Waals surface area contributed by atoms with Gasteiger partial charge in [-0.05, 0) is 13.0 Å². The standard InChI is InChI=1S/C16H17F5N2O/c1-14(15(2,17)18,16(19,20)21)23-13(24)22-12-9-5-7-10-6-3-4-8-11(10)12/h3-11H,1-2H3,(H2,22,23,24). The van der Waals surface area contributed by atoms with Gasteiger partial charge in [0.15, 0.2) is 5.54 Å². The number of nitrogens with one attached hydrogen (secondary N) is 2. The topological polar surface area (TPSA) is 41.1 Å². The van der Waals surface area contributed by atoms with E-state index in [2.05, 4.69) is 5.32 Å². The minimum absolute atomic E-state index is 0.0445. The largest absolute Gasteiger partial charge is 0.417 e. The summed E-state index contributed by atoms with van der Waals surface area (Å²) in [5.41, 5.74) is -3.35. The van der Waals surface area contributed by atoms with Crippen molar-refractivity contribution in [1.82, 2.24) is 10.6 Å². The van der Waals surface area contributed by atoms with E-state index in [-0.39, 0.29) is 25.7 Å². The summed E-state index contributed by atoms with van der Waals surface area (Å²) in [6.45, 7) is 0.377. The Labute approximate surface area is 136 Å². The Morgan fingerprint density at radius 2 is 1.58 bits per heavy atom. The fraction of sp³-hybridized carbons (Fsp3) is 0.438. The van der Waals surface area contributed by atoms with E-state index in [1.165, 1.54) is 11.4 Å². The van der Waals surface area contributed by atoms with Crippen molar-refractivity contribution in [3.05, 3.63) is 48.2 Å². The average Bonchev–Trinajstić information content (AvgIpc) is 2.45. The molecule has 3 atom stereocenters. The number of urea groups is 1. The zero-order valence-electron chi connectivity index (χ0n) is 13.0. The van der Waals surface area contributed by atoms with E-state index in [0.29, 0.717) is 5.70 Å². The van der Waals surface area contributed by atoms with Crippen LogP contribution in [-0.4, -0.2) is 23.7 Å². The lowest BCUT2D eigenvalue weighted by molar-refractivity contribution is -0.250. The smallest absolute Gasteiger partial charge is 0.319 e. The molecule has 3 nitrogen and oxygen atoms in total. The van der Waals surface area contributed by atoms with E-state index in [9.17, 15) is 26.7 Å². The molecule has 0 saturated heterocycles. The van der Waals surface area contributed by atoms with Crippen molar-refractivity contribution in [3.8, 4) is 0 Å². The lowest BCUT2D eigenvalue weighted by atomic mass is 9.83. The van der Waals surface area contributed by atoms with Crippen molar-refractivity contribution in [2.75, 3.05) is 0 Å². The number of carbonyl (C=O) groups is 1. The normalized spacial score (nSPS) is 25.5. The zero-order valence-corrected chi connectivity index (χ0v) is 13.0. The van der Waals surface area contributed by atoms with Crippen molar-refractivity contribution in [1.29, 1.82) is 0 Å². The summed E-state index contributed by atoms with van der Waals surface area (Å²) in [4.78, 5) is 11.9. The van der Waals surface area contributed by atoms with Crippen LogP contribution >= 0.6 is 0 Å². The zero-order chi connectivity index (χ0) is 18.2. The minimum Gasteiger partial charge on any atom is -0.319 e. The van der Waals surface area contributed by atoms with Crippen LogP contribution in [0.1, 0.15) is 13.8 Å². The Bertz CT molecular complexity index is 611. The fourth-order valence-electron chi connectivity index (χ4n) is 2.46. The average molecular weight is 348 g/mol. The Morgan fingerprint density at radius 1 is 1.00 bits per heavy atom. The van der Waals surface area contributed by atoms with E-state index >= 15 is 0 Å². The van der Waals surface area contributed by atoms with Gasteiger partial charge in [-0.3, -0.25) is 0 Å². The van der Waals surface area contributed by atoms with Gasteiger partial charge in [-0.1, -0.05) is 36.5 Å². The number of fused-ring (bicyclic) bond motifs is 1. The van der Waals surface area contributed by atoms with E-state index in [0.717, 1.165) is 0 Å². The van der Waals surface area contributed by atoms with Gasteiger partial charge in [-0.25, -0.2) is 13.6 Å². The molecule has 2 N–H and O–H groups in total. The van der Waals surface area contributed by atoms with E-state index in [1.54, 1.807) is 18.2 Å². The van der Waals surface area contributed by atoms with Crippen LogP contribution in [0.25, 0.3) is 0 Å². The van der Waals surface area contributed by atoms with Gasteiger partial charge in [-0.2, -0.15) is 13.2 Å². The van der Waals surface area contributed by atoms with Crippen molar-refractivity contribution < 1.29 is 26.7 Å². The molecule has 0 saturated carbocycles. The quantitative estimate of drug-likeness (QED) is 0.742.